The Morgan fingerprint density at radius 1 is 1.43 bits per heavy atom. The number of carbonyl (C=O) groups is 1. The molecule has 2 aliphatic heterocycles. The minimum absolute atomic E-state index is 0.234. The fourth-order valence-electron chi connectivity index (χ4n) is 2.30. The summed E-state index contributed by atoms with van der Waals surface area (Å²) in [7, 11) is 0. The van der Waals surface area contributed by atoms with E-state index in [1.807, 2.05) is 9.80 Å². The second kappa shape index (κ2) is 3.77. The lowest BCUT2D eigenvalue weighted by atomic mass is 10.1. The summed E-state index contributed by atoms with van der Waals surface area (Å²) >= 11 is 0. The average molecular weight is 197 g/mol. The van der Waals surface area contributed by atoms with E-state index in [-0.39, 0.29) is 6.03 Å². The van der Waals surface area contributed by atoms with E-state index < -0.39 is 0 Å². The topological polar surface area (TPSA) is 35.6 Å². The molecule has 0 aromatic carbocycles. The summed E-state index contributed by atoms with van der Waals surface area (Å²) in [6, 6.07) is 1.00. The first-order valence-electron chi connectivity index (χ1n) is 5.48. The van der Waals surface area contributed by atoms with Crippen LogP contribution in [0.3, 0.4) is 0 Å². The van der Waals surface area contributed by atoms with E-state index in [9.17, 15) is 4.79 Å². The van der Waals surface area contributed by atoms with Crippen molar-refractivity contribution in [2.24, 2.45) is 0 Å². The molecule has 2 aliphatic rings. The molecule has 2 heterocycles. The van der Waals surface area contributed by atoms with Crippen LogP contribution in [0.5, 0.6) is 0 Å². The predicted octanol–water partition coefficient (Wildman–Crippen LogP) is 0.494. The molecule has 1 atom stereocenters. The first-order chi connectivity index (χ1) is 6.70. The predicted molar refractivity (Wildman–Crippen MR) is 55.2 cm³/mol. The fourth-order valence-corrected chi connectivity index (χ4v) is 2.30. The summed E-state index contributed by atoms with van der Waals surface area (Å²) in [4.78, 5) is 16.0. The molecule has 2 amide bonds. The molecule has 1 N–H and O–H groups in total. The molecule has 0 aliphatic carbocycles. The maximum absolute atomic E-state index is 12.0. The quantitative estimate of drug-likeness (QED) is 0.664. The number of carbonyl (C=O) groups excluding carboxylic acids is 1. The lowest BCUT2D eigenvalue weighted by molar-refractivity contribution is 0.0746. The molecule has 4 heteroatoms. The summed E-state index contributed by atoms with van der Waals surface area (Å²) in [5, 5.41) is 3.34. The van der Waals surface area contributed by atoms with Gasteiger partial charge in [-0.2, -0.15) is 0 Å². The van der Waals surface area contributed by atoms with Crippen molar-refractivity contribution in [1.82, 2.24) is 15.1 Å². The highest BCUT2D eigenvalue weighted by Gasteiger charge is 2.35. The van der Waals surface area contributed by atoms with Crippen molar-refractivity contribution in [3.63, 3.8) is 0 Å². The van der Waals surface area contributed by atoms with Gasteiger partial charge in [0.05, 0.1) is 0 Å². The number of hydrogen-bond donors (Lipinski definition) is 1. The summed E-state index contributed by atoms with van der Waals surface area (Å²) in [5.41, 5.74) is 0. The number of nitrogens with zero attached hydrogens (tertiary/aromatic N) is 2. The first kappa shape index (κ1) is 9.77. The molecule has 0 saturated carbocycles. The maximum atomic E-state index is 12.0. The molecular formula is C10H19N3O. The van der Waals surface area contributed by atoms with Gasteiger partial charge in [-0.3, -0.25) is 0 Å². The molecular weight excluding hydrogens is 178 g/mol. The molecule has 0 aromatic rings. The van der Waals surface area contributed by atoms with Crippen molar-refractivity contribution in [3.05, 3.63) is 0 Å². The van der Waals surface area contributed by atoms with E-state index in [0.29, 0.717) is 12.1 Å². The first-order valence-corrected chi connectivity index (χ1v) is 5.48. The van der Waals surface area contributed by atoms with E-state index in [2.05, 4.69) is 19.2 Å². The smallest absolute Gasteiger partial charge is 0.320 e. The highest BCUT2D eigenvalue weighted by atomic mass is 16.2. The van der Waals surface area contributed by atoms with Crippen molar-refractivity contribution in [2.75, 3.05) is 26.2 Å². The van der Waals surface area contributed by atoms with Crippen molar-refractivity contribution in [2.45, 2.75) is 32.4 Å². The van der Waals surface area contributed by atoms with Gasteiger partial charge in [-0.25, -0.2) is 4.79 Å². The highest BCUT2D eigenvalue weighted by molar-refractivity contribution is 5.76. The zero-order valence-corrected chi connectivity index (χ0v) is 8.99. The normalized spacial score (nSPS) is 28.2. The van der Waals surface area contributed by atoms with Gasteiger partial charge in [0.2, 0.25) is 0 Å². The summed E-state index contributed by atoms with van der Waals surface area (Å²) in [5.74, 6) is 0. The lowest BCUT2D eigenvalue weighted by Gasteiger charge is -2.45. The Bertz CT molecular complexity index is 229. The van der Waals surface area contributed by atoms with Crippen LogP contribution in [-0.2, 0) is 0 Å². The van der Waals surface area contributed by atoms with Crippen molar-refractivity contribution in [3.8, 4) is 0 Å². The van der Waals surface area contributed by atoms with E-state index in [0.717, 1.165) is 32.6 Å². The monoisotopic (exact) mass is 197 g/mol. The number of hydrogen-bond acceptors (Lipinski definition) is 2. The highest BCUT2D eigenvalue weighted by Crippen LogP contribution is 2.19. The maximum Gasteiger partial charge on any atom is 0.320 e. The minimum Gasteiger partial charge on any atom is -0.322 e. The molecule has 0 spiro atoms. The zero-order chi connectivity index (χ0) is 10.1. The standard InChI is InChI=1S/C10H19N3O/c1-8(2)12-5-3-9-7-11-4-6-13(9)10(12)14/h8-9,11H,3-7H2,1-2H3. The number of rotatable bonds is 1. The van der Waals surface area contributed by atoms with Crippen LogP contribution in [0.25, 0.3) is 0 Å². The zero-order valence-electron chi connectivity index (χ0n) is 8.99. The number of nitrogens with one attached hydrogen (secondary N) is 1. The fraction of sp³-hybridized carbons (Fsp3) is 0.900. The number of amides is 2. The number of piperazine rings is 1. The van der Waals surface area contributed by atoms with Gasteiger partial charge < -0.3 is 15.1 Å². The molecule has 0 bridgehead atoms. The van der Waals surface area contributed by atoms with Crippen LogP contribution in [0.4, 0.5) is 4.79 Å². The van der Waals surface area contributed by atoms with Crippen LogP contribution in [0.15, 0.2) is 0 Å². The van der Waals surface area contributed by atoms with Gasteiger partial charge in [0.1, 0.15) is 0 Å². The Balaban J connectivity index is 2.07. The van der Waals surface area contributed by atoms with E-state index >= 15 is 0 Å². The molecule has 0 aromatic heterocycles. The van der Waals surface area contributed by atoms with Gasteiger partial charge in [0.25, 0.3) is 0 Å². The van der Waals surface area contributed by atoms with Gasteiger partial charge >= 0.3 is 6.03 Å². The Morgan fingerprint density at radius 2 is 2.21 bits per heavy atom. The van der Waals surface area contributed by atoms with E-state index in [4.69, 9.17) is 0 Å². The second-order valence-electron chi connectivity index (χ2n) is 4.41. The van der Waals surface area contributed by atoms with Gasteiger partial charge in [0, 0.05) is 38.3 Å². The Labute approximate surface area is 85.2 Å². The molecule has 2 saturated heterocycles. The van der Waals surface area contributed by atoms with Gasteiger partial charge in [-0.15, -0.1) is 0 Å². The van der Waals surface area contributed by atoms with Gasteiger partial charge in [-0.1, -0.05) is 0 Å². The Morgan fingerprint density at radius 3 is 2.93 bits per heavy atom. The molecule has 1 unspecified atom stereocenters. The van der Waals surface area contributed by atoms with Crippen LogP contribution in [0.1, 0.15) is 20.3 Å². The average Bonchev–Trinajstić information content (AvgIpc) is 2.18. The van der Waals surface area contributed by atoms with Crippen LogP contribution < -0.4 is 5.32 Å². The molecule has 2 fully saturated rings. The number of urea groups is 1. The van der Waals surface area contributed by atoms with Crippen LogP contribution in [-0.4, -0.2) is 54.1 Å². The van der Waals surface area contributed by atoms with Crippen LogP contribution >= 0.6 is 0 Å². The minimum atomic E-state index is 0.234. The molecule has 80 valence electrons. The SMILES string of the molecule is CC(C)N1CCC2CNCCN2C1=O. The Kier molecular flexibility index (Phi) is 2.63. The van der Waals surface area contributed by atoms with E-state index in [1.165, 1.54) is 0 Å². The summed E-state index contributed by atoms with van der Waals surface area (Å²) in [6.45, 7) is 7.86. The van der Waals surface area contributed by atoms with Crippen molar-refractivity contribution >= 4 is 6.03 Å². The van der Waals surface area contributed by atoms with Crippen LogP contribution in [0, 0.1) is 0 Å². The third kappa shape index (κ3) is 1.59. The summed E-state index contributed by atoms with van der Waals surface area (Å²) in [6.07, 6.45) is 1.11. The van der Waals surface area contributed by atoms with Crippen molar-refractivity contribution in [1.29, 1.82) is 0 Å². The second-order valence-corrected chi connectivity index (χ2v) is 4.41. The van der Waals surface area contributed by atoms with Gasteiger partial charge in [0.15, 0.2) is 0 Å². The Hall–Kier alpha value is -0.770. The third-order valence-corrected chi connectivity index (χ3v) is 3.17. The largest absolute Gasteiger partial charge is 0.322 e. The molecule has 2 rings (SSSR count). The van der Waals surface area contributed by atoms with E-state index in [1.54, 1.807) is 0 Å². The van der Waals surface area contributed by atoms with Gasteiger partial charge in [-0.05, 0) is 20.3 Å². The molecule has 0 radical (unpaired) electrons. The molecule has 4 nitrogen and oxygen atoms in total. The van der Waals surface area contributed by atoms with Crippen LogP contribution in [0.2, 0.25) is 0 Å². The molecule has 14 heavy (non-hydrogen) atoms. The summed E-state index contributed by atoms with van der Waals surface area (Å²) < 4.78 is 0. The lowest BCUT2D eigenvalue weighted by Crippen LogP contribution is -2.62. The van der Waals surface area contributed by atoms with Crippen molar-refractivity contribution < 1.29 is 4.79 Å². The number of fused-ring (bicyclic) bond motifs is 1. The third-order valence-electron chi connectivity index (χ3n) is 3.17.